The summed E-state index contributed by atoms with van der Waals surface area (Å²) in [6.45, 7) is 3.63. The molecule has 1 aromatic rings. The Hall–Kier alpha value is -1.51. The molecule has 0 bridgehead atoms. The van der Waals surface area contributed by atoms with E-state index in [1.807, 2.05) is 13.0 Å². The Labute approximate surface area is 71.9 Å². The van der Waals surface area contributed by atoms with Crippen LogP contribution in [0.3, 0.4) is 0 Å². The second kappa shape index (κ2) is 2.85. The van der Waals surface area contributed by atoms with Crippen molar-refractivity contribution in [2.75, 3.05) is 11.5 Å². The lowest BCUT2D eigenvalue weighted by molar-refractivity contribution is 1.39. The lowest BCUT2D eigenvalue weighted by Gasteiger charge is -2.09. The number of rotatable bonds is 1. The maximum Gasteiger partial charge on any atom is 0.0642 e. The van der Waals surface area contributed by atoms with E-state index in [1.54, 1.807) is 13.0 Å². The summed E-state index contributed by atoms with van der Waals surface area (Å²) < 4.78 is 0. The summed E-state index contributed by atoms with van der Waals surface area (Å²) >= 11 is 0. The number of nitrogens with two attached hydrogens (primary N) is 2. The van der Waals surface area contributed by atoms with Gasteiger partial charge in [0.25, 0.3) is 0 Å². The largest absolute Gasteiger partial charge is 0.397 e. The molecular formula is C9H13N3. The molecule has 0 aliphatic heterocycles. The van der Waals surface area contributed by atoms with Crippen LogP contribution < -0.4 is 11.5 Å². The van der Waals surface area contributed by atoms with Crippen LogP contribution in [0.1, 0.15) is 18.1 Å². The summed E-state index contributed by atoms with van der Waals surface area (Å²) in [6, 6.07) is 3.64. The Morgan fingerprint density at radius 3 is 2.33 bits per heavy atom. The van der Waals surface area contributed by atoms with Crippen molar-refractivity contribution < 1.29 is 0 Å². The van der Waals surface area contributed by atoms with Gasteiger partial charge < -0.3 is 16.9 Å². The van der Waals surface area contributed by atoms with Gasteiger partial charge in [-0.05, 0) is 25.5 Å². The van der Waals surface area contributed by atoms with Gasteiger partial charge in [-0.3, -0.25) is 0 Å². The number of hydrogen-bond acceptors (Lipinski definition) is 3. The minimum absolute atomic E-state index is 0.456. The van der Waals surface area contributed by atoms with Crippen molar-refractivity contribution in [3.63, 3.8) is 0 Å². The van der Waals surface area contributed by atoms with Crippen LogP contribution in [0.25, 0.3) is 0 Å². The van der Waals surface area contributed by atoms with E-state index in [0.717, 1.165) is 11.1 Å². The molecule has 0 atom stereocenters. The molecule has 3 heteroatoms. The lowest BCUT2D eigenvalue weighted by Crippen LogP contribution is -2.05. The average Bonchev–Trinajstić information content (AvgIpc) is 1.97. The summed E-state index contributed by atoms with van der Waals surface area (Å²) in [5.74, 6) is 0. The van der Waals surface area contributed by atoms with E-state index >= 15 is 0 Å². The highest BCUT2D eigenvalue weighted by Crippen LogP contribution is 2.23. The molecule has 1 aromatic carbocycles. The van der Waals surface area contributed by atoms with E-state index in [2.05, 4.69) is 0 Å². The Morgan fingerprint density at radius 1 is 1.33 bits per heavy atom. The minimum Gasteiger partial charge on any atom is -0.397 e. The summed E-state index contributed by atoms with van der Waals surface area (Å²) in [7, 11) is 0. The molecule has 5 N–H and O–H groups in total. The van der Waals surface area contributed by atoms with Crippen molar-refractivity contribution in [2.24, 2.45) is 0 Å². The first-order chi connectivity index (χ1) is 5.54. The zero-order chi connectivity index (χ0) is 9.30. The predicted molar refractivity (Wildman–Crippen MR) is 52.5 cm³/mol. The van der Waals surface area contributed by atoms with Crippen molar-refractivity contribution in [3.05, 3.63) is 23.3 Å². The van der Waals surface area contributed by atoms with Crippen LogP contribution in [0.15, 0.2) is 12.1 Å². The van der Waals surface area contributed by atoms with E-state index < -0.39 is 0 Å². The van der Waals surface area contributed by atoms with Gasteiger partial charge in [-0.15, -0.1) is 0 Å². The van der Waals surface area contributed by atoms with Crippen molar-refractivity contribution in [1.29, 1.82) is 5.41 Å². The number of benzene rings is 1. The molecule has 0 spiro atoms. The fourth-order valence-electron chi connectivity index (χ4n) is 1.24. The van der Waals surface area contributed by atoms with Gasteiger partial charge in [-0.1, -0.05) is 6.07 Å². The first-order valence-electron chi connectivity index (χ1n) is 3.74. The fourth-order valence-corrected chi connectivity index (χ4v) is 1.24. The number of aryl methyl sites for hydroxylation is 1. The summed E-state index contributed by atoms with van der Waals surface area (Å²) in [5, 5.41) is 7.48. The number of anilines is 2. The highest BCUT2D eigenvalue weighted by atomic mass is 14.7. The van der Waals surface area contributed by atoms with Gasteiger partial charge in [0.2, 0.25) is 0 Å². The van der Waals surface area contributed by atoms with Crippen molar-refractivity contribution >= 4 is 17.1 Å². The molecular weight excluding hydrogens is 150 g/mol. The molecule has 0 aromatic heterocycles. The van der Waals surface area contributed by atoms with Crippen LogP contribution in [0.5, 0.6) is 0 Å². The van der Waals surface area contributed by atoms with Crippen LogP contribution in [-0.2, 0) is 0 Å². The van der Waals surface area contributed by atoms with Gasteiger partial charge in [0.15, 0.2) is 0 Å². The van der Waals surface area contributed by atoms with Crippen LogP contribution in [-0.4, -0.2) is 5.71 Å². The summed E-state index contributed by atoms with van der Waals surface area (Å²) in [5.41, 5.74) is 14.6. The van der Waals surface area contributed by atoms with Gasteiger partial charge in [0.1, 0.15) is 0 Å². The van der Waals surface area contributed by atoms with E-state index in [1.165, 1.54) is 0 Å². The average molecular weight is 163 g/mol. The zero-order valence-corrected chi connectivity index (χ0v) is 7.31. The van der Waals surface area contributed by atoms with Crippen LogP contribution >= 0.6 is 0 Å². The molecule has 0 fully saturated rings. The van der Waals surface area contributed by atoms with Gasteiger partial charge in [0, 0.05) is 11.3 Å². The quantitative estimate of drug-likeness (QED) is 0.434. The molecule has 0 aliphatic rings. The normalized spacial score (nSPS) is 9.83. The molecule has 0 aliphatic carbocycles. The van der Waals surface area contributed by atoms with Crippen LogP contribution in [0.2, 0.25) is 0 Å². The Balaban J connectivity index is 3.43. The SMILES string of the molecule is CC(=N)c1c(C)ccc(N)c1N. The minimum atomic E-state index is 0.456. The Kier molecular flexibility index (Phi) is 2.04. The Bertz CT molecular complexity index is 329. The molecule has 3 nitrogen and oxygen atoms in total. The van der Waals surface area contributed by atoms with Crippen LogP contribution in [0, 0.1) is 12.3 Å². The molecule has 0 amide bonds. The summed E-state index contributed by atoms with van der Waals surface area (Å²) in [6.07, 6.45) is 0. The maximum atomic E-state index is 7.48. The van der Waals surface area contributed by atoms with Gasteiger partial charge in [-0.2, -0.15) is 0 Å². The third-order valence-corrected chi connectivity index (χ3v) is 1.86. The van der Waals surface area contributed by atoms with E-state index in [9.17, 15) is 0 Å². The zero-order valence-electron chi connectivity index (χ0n) is 7.31. The predicted octanol–water partition coefficient (Wildman–Crippen LogP) is 1.55. The highest BCUT2D eigenvalue weighted by molar-refractivity contribution is 6.04. The van der Waals surface area contributed by atoms with E-state index in [0.29, 0.717) is 17.1 Å². The van der Waals surface area contributed by atoms with Gasteiger partial charge in [0.05, 0.1) is 11.4 Å². The first kappa shape index (κ1) is 8.59. The second-order valence-corrected chi connectivity index (χ2v) is 2.89. The van der Waals surface area contributed by atoms with Crippen LogP contribution in [0.4, 0.5) is 11.4 Å². The smallest absolute Gasteiger partial charge is 0.0642 e. The second-order valence-electron chi connectivity index (χ2n) is 2.89. The maximum absolute atomic E-state index is 7.48. The molecule has 0 saturated carbocycles. The van der Waals surface area contributed by atoms with Gasteiger partial charge in [-0.25, -0.2) is 0 Å². The molecule has 0 unspecified atom stereocenters. The van der Waals surface area contributed by atoms with Crippen molar-refractivity contribution in [2.45, 2.75) is 13.8 Å². The Morgan fingerprint density at radius 2 is 1.92 bits per heavy atom. The number of nitrogen functional groups attached to an aromatic ring is 2. The molecule has 0 radical (unpaired) electrons. The van der Waals surface area contributed by atoms with E-state index in [-0.39, 0.29) is 0 Å². The number of nitrogens with one attached hydrogen (secondary N) is 1. The highest BCUT2D eigenvalue weighted by Gasteiger charge is 2.07. The lowest BCUT2D eigenvalue weighted by atomic mass is 10.0. The molecule has 12 heavy (non-hydrogen) atoms. The molecule has 0 heterocycles. The van der Waals surface area contributed by atoms with Gasteiger partial charge >= 0.3 is 0 Å². The monoisotopic (exact) mass is 163 g/mol. The molecule has 0 saturated heterocycles. The van der Waals surface area contributed by atoms with Crippen molar-refractivity contribution in [3.8, 4) is 0 Å². The standard InChI is InChI=1S/C9H13N3/c1-5-3-4-7(11)9(12)8(5)6(2)10/h3-4,10H,11-12H2,1-2H3. The van der Waals surface area contributed by atoms with E-state index in [4.69, 9.17) is 16.9 Å². The number of hydrogen-bond donors (Lipinski definition) is 3. The topological polar surface area (TPSA) is 75.9 Å². The summed E-state index contributed by atoms with van der Waals surface area (Å²) in [4.78, 5) is 0. The third-order valence-electron chi connectivity index (χ3n) is 1.86. The fraction of sp³-hybridized carbons (Fsp3) is 0.222. The first-order valence-corrected chi connectivity index (χ1v) is 3.74. The van der Waals surface area contributed by atoms with Crippen molar-refractivity contribution in [1.82, 2.24) is 0 Å². The molecule has 64 valence electrons. The third kappa shape index (κ3) is 1.25. The molecule has 1 rings (SSSR count).